The molecule has 16 unspecified atom stereocenters. The fourth-order valence-electron chi connectivity index (χ4n) is 2.87. The molecule has 0 rings (SSSR count). The standard InChI is InChI=1S/C19H21F17O2.ClH/c20-2-1-3(21)4(22)5(23)6(24)7(25)8(26)9(27)10(28)11(29)12(30)13(31)14(32)15(33)16(34)17(35)18(36)19(37)38;/h3-18H,1-2H2,(H,37,38);1H. The molecule has 0 aliphatic carbocycles. The van der Waals surface area contributed by atoms with Crippen molar-refractivity contribution in [3.8, 4) is 0 Å². The van der Waals surface area contributed by atoms with Gasteiger partial charge in [0.25, 0.3) is 0 Å². The molecule has 0 spiro atoms. The fourth-order valence-corrected chi connectivity index (χ4v) is 2.87. The summed E-state index contributed by atoms with van der Waals surface area (Å²) in [7, 11) is 0. The molecule has 0 bridgehead atoms. The van der Waals surface area contributed by atoms with E-state index in [0.29, 0.717) is 0 Å². The topological polar surface area (TPSA) is 37.3 Å². The van der Waals surface area contributed by atoms with E-state index in [9.17, 15) is 79.4 Å². The minimum absolute atomic E-state index is 0. The summed E-state index contributed by atoms with van der Waals surface area (Å²) in [4.78, 5) is 10.2. The predicted molar refractivity (Wildman–Crippen MR) is 104 cm³/mol. The maximum Gasteiger partial charge on any atom is 0.341 e. The number of carbonyl (C=O) groups is 1. The Kier molecular flexibility index (Phi) is 17.7. The number of carboxylic acids is 1. The lowest BCUT2D eigenvalue weighted by molar-refractivity contribution is -0.148. The van der Waals surface area contributed by atoms with Gasteiger partial charge in [-0.1, -0.05) is 0 Å². The van der Waals surface area contributed by atoms with E-state index in [0.717, 1.165) is 0 Å². The van der Waals surface area contributed by atoms with Crippen LogP contribution in [0.4, 0.5) is 74.6 Å². The molecule has 2 nitrogen and oxygen atoms in total. The van der Waals surface area contributed by atoms with Gasteiger partial charge in [-0.15, -0.1) is 12.4 Å². The summed E-state index contributed by atoms with van der Waals surface area (Å²) in [5, 5.41) is 8.12. The molecular formula is C19H22ClF17O2. The highest BCUT2D eigenvalue weighted by Gasteiger charge is 2.53. The SMILES string of the molecule is Cl.O=C(O)C(F)C(F)C(F)C(F)C(F)C(F)C(F)C(F)C(F)C(F)C(F)C(F)C(F)C(F)C(F)C(F)CCF. The Morgan fingerprint density at radius 1 is 0.436 bits per heavy atom. The van der Waals surface area contributed by atoms with Gasteiger partial charge in [0, 0.05) is 6.42 Å². The number of hydrogen-bond acceptors (Lipinski definition) is 1. The minimum atomic E-state index is -4.42. The smallest absolute Gasteiger partial charge is 0.341 e. The summed E-state index contributed by atoms with van der Waals surface area (Å²) in [6.45, 7) is -1.61. The minimum Gasteiger partial charge on any atom is -0.479 e. The second-order valence-corrected chi connectivity index (χ2v) is 7.96. The van der Waals surface area contributed by atoms with Crippen LogP contribution < -0.4 is 0 Å². The first kappa shape index (κ1) is 39.7. The highest BCUT2D eigenvalue weighted by Crippen LogP contribution is 2.33. The molecule has 0 radical (unpaired) electrons. The third-order valence-corrected chi connectivity index (χ3v) is 5.20. The number of carboxylic acid groups (broad SMARTS) is 1. The highest BCUT2D eigenvalue weighted by molar-refractivity contribution is 5.85. The molecule has 1 N–H and O–H groups in total. The van der Waals surface area contributed by atoms with E-state index in [4.69, 9.17) is 5.11 Å². The summed E-state index contributed by atoms with van der Waals surface area (Å²) in [5.74, 6) is -2.73. The molecule has 236 valence electrons. The fraction of sp³-hybridized carbons (Fsp3) is 0.947. The van der Waals surface area contributed by atoms with Gasteiger partial charge < -0.3 is 5.11 Å². The van der Waals surface area contributed by atoms with Crippen molar-refractivity contribution >= 4 is 18.4 Å². The average Bonchev–Trinajstić information content (AvgIpc) is 2.90. The molecule has 16 atom stereocenters. The van der Waals surface area contributed by atoms with E-state index in [1.807, 2.05) is 0 Å². The molecule has 0 saturated heterocycles. The van der Waals surface area contributed by atoms with Gasteiger partial charge in [0.05, 0.1) is 6.67 Å². The number of halogens is 18. The summed E-state index contributed by atoms with van der Waals surface area (Å²) in [5.41, 5.74) is 0. The molecule has 39 heavy (non-hydrogen) atoms. The molecule has 0 aromatic rings. The summed E-state index contributed by atoms with van der Waals surface area (Å²) < 4.78 is 228. The zero-order chi connectivity index (χ0) is 30.2. The maximum atomic E-state index is 13.8. The molecule has 0 saturated carbocycles. The predicted octanol–water partition coefficient (Wildman–Crippen LogP) is 6.26. The molecule has 0 fully saturated rings. The number of alkyl halides is 17. The van der Waals surface area contributed by atoms with Crippen molar-refractivity contribution in [3.05, 3.63) is 0 Å². The van der Waals surface area contributed by atoms with Gasteiger partial charge in [-0.2, -0.15) is 0 Å². The Hall–Kier alpha value is -1.43. The van der Waals surface area contributed by atoms with Gasteiger partial charge in [0.15, 0.2) is 86.4 Å². The molecule has 0 aliphatic heterocycles. The first-order chi connectivity index (χ1) is 17.3. The average molecular weight is 641 g/mol. The molecule has 0 aromatic heterocycles. The second-order valence-electron chi connectivity index (χ2n) is 7.96. The van der Waals surface area contributed by atoms with Crippen LogP contribution in [-0.4, -0.2) is 116 Å². The Labute approximate surface area is 215 Å². The van der Waals surface area contributed by atoms with Gasteiger partial charge in [0.1, 0.15) is 6.17 Å². The Morgan fingerprint density at radius 2 is 0.641 bits per heavy atom. The molecular weight excluding hydrogens is 619 g/mol. The van der Waals surface area contributed by atoms with E-state index >= 15 is 0 Å². The first-order valence-corrected chi connectivity index (χ1v) is 10.4. The van der Waals surface area contributed by atoms with Gasteiger partial charge in [0.2, 0.25) is 6.17 Å². The van der Waals surface area contributed by atoms with Crippen molar-refractivity contribution < 1.29 is 84.5 Å². The maximum absolute atomic E-state index is 13.8. The van der Waals surface area contributed by atoms with Crippen LogP contribution in [0.1, 0.15) is 6.42 Å². The lowest BCUT2D eigenvalue weighted by Crippen LogP contribution is -2.52. The van der Waals surface area contributed by atoms with E-state index < -0.39 is 118 Å². The Bertz CT molecular complexity index is 700. The van der Waals surface area contributed by atoms with Crippen LogP contribution in [0.2, 0.25) is 0 Å². The second kappa shape index (κ2) is 17.4. The van der Waals surface area contributed by atoms with Crippen LogP contribution in [0.5, 0.6) is 0 Å². The lowest BCUT2D eigenvalue weighted by Gasteiger charge is -2.29. The Morgan fingerprint density at radius 3 is 0.846 bits per heavy atom. The highest BCUT2D eigenvalue weighted by atomic mass is 35.5. The van der Waals surface area contributed by atoms with Gasteiger partial charge in [-0.05, 0) is 0 Å². The molecule has 0 aromatic carbocycles. The van der Waals surface area contributed by atoms with Crippen molar-refractivity contribution in [3.63, 3.8) is 0 Å². The molecule has 0 amide bonds. The largest absolute Gasteiger partial charge is 0.479 e. The first-order valence-electron chi connectivity index (χ1n) is 10.4. The summed E-state index contributed by atoms with van der Waals surface area (Å²) in [6, 6.07) is 0. The van der Waals surface area contributed by atoms with E-state index in [2.05, 4.69) is 0 Å². The van der Waals surface area contributed by atoms with Crippen LogP contribution in [-0.2, 0) is 4.79 Å². The van der Waals surface area contributed by atoms with Gasteiger partial charge in [-0.25, -0.2) is 75.0 Å². The normalized spacial score (nSPS) is 24.6. The zero-order valence-electron chi connectivity index (χ0n) is 18.8. The van der Waals surface area contributed by atoms with E-state index in [-0.39, 0.29) is 12.4 Å². The van der Waals surface area contributed by atoms with Gasteiger partial charge in [-0.3, -0.25) is 4.39 Å². The van der Waals surface area contributed by atoms with Crippen molar-refractivity contribution in [1.29, 1.82) is 0 Å². The molecule has 20 heteroatoms. The lowest BCUT2D eigenvalue weighted by atomic mass is 9.93. The third kappa shape index (κ3) is 10.2. The van der Waals surface area contributed by atoms with Crippen molar-refractivity contribution in [1.82, 2.24) is 0 Å². The summed E-state index contributed by atoms with van der Waals surface area (Å²) in [6.07, 6.45) is -67.3. The van der Waals surface area contributed by atoms with Crippen LogP contribution in [0.15, 0.2) is 0 Å². The van der Waals surface area contributed by atoms with Crippen LogP contribution in [0.25, 0.3) is 0 Å². The van der Waals surface area contributed by atoms with Gasteiger partial charge >= 0.3 is 5.97 Å². The number of aliphatic carboxylic acids is 1. The molecule has 0 aliphatic rings. The van der Waals surface area contributed by atoms with E-state index in [1.165, 1.54) is 0 Å². The van der Waals surface area contributed by atoms with Crippen molar-refractivity contribution in [2.24, 2.45) is 0 Å². The monoisotopic (exact) mass is 640 g/mol. The summed E-state index contributed by atoms with van der Waals surface area (Å²) >= 11 is 0. The zero-order valence-corrected chi connectivity index (χ0v) is 19.7. The van der Waals surface area contributed by atoms with E-state index in [1.54, 1.807) is 0 Å². The van der Waals surface area contributed by atoms with Crippen molar-refractivity contribution in [2.75, 3.05) is 6.67 Å². The van der Waals surface area contributed by atoms with Crippen LogP contribution in [0, 0.1) is 0 Å². The number of rotatable bonds is 18. The number of hydrogen-bond donors (Lipinski definition) is 1. The molecule has 0 heterocycles. The third-order valence-electron chi connectivity index (χ3n) is 5.20. The Balaban J connectivity index is 0. The quantitative estimate of drug-likeness (QED) is 0.180. The van der Waals surface area contributed by atoms with Crippen LogP contribution in [0.3, 0.4) is 0 Å². The van der Waals surface area contributed by atoms with Crippen LogP contribution >= 0.6 is 12.4 Å². The van der Waals surface area contributed by atoms with Crippen molar-refractivity contribution in [2.45, 2.75) is 105 Å².